The molecular formula is C10H12N2O3S2. The van der Waals surface area contributed by atoms with E-state index in [1.165, 1.54) is 11.8 Å². The summed E-state index contributed by atoms with van der Waals surface area (Å²) in [6.07, 6.45) is 0. The van der Waals surface area contributed by atoms with Gasteiger partial charge in [-0.05, 0) is 12.5 Å². The molecule has 2 N–H and O–H groups in total. The number of benzene rings is 1. The van der Waals surface area contributed by atoms with Crippen molar-refractivity contribution in [1.82, 2.24) is 0 Å². The maximum atomic E-state index is 11.6. The molecule has 7 heteroatoms. The van der Waals surface area contributed by atoms with E-state index in [4.69, 9.17) is 9.98 Å². The van der Waals surface area contributed by atoms with E-state index in [-0.39, 0.29) is 4.90 Å². The first-order valence-electron chi connectivity index (χ1n) is 4.95. The van der Waals surface area contributed by atoms with Crippen LogP contribution < -0.4 is 5.14 Å². The Morgan fingerprint density at radius 1 is 1.47 bits per heavy atom. The molecule has 2 rings (SSSR count). The second-order valence-corrected chi connectivity index (χ2v) is 6.16. The summed E-state index contributed by atoms with van der Waals surface area (Å²) < 4.78 is 23.2. The summed E-state index contributed by atoms with van der Waals surface area (Å²) in [5, 5.41) is 9.67. The summed E-state index contributed by atoms with van der Waals surface area (Å²) in [4.78, 5) is 5.10. The van der Waals surface area contributed by atoms with E-state index in [2.05, 4.69) is 5.16 Å². The quantitative estimate of drug-likeness (QED) is 0.873. The molecule has 92 valence electrons. The van der Waals surface area contributed by atoms with E-state index in [9.17, 15) is 8.42 Å². The number of sulfonamides is 1. The number of nitrogens with zero attached hydrogens (tertiary/aromatic N) is 1. The van der Waals surface area contributed by atoms with Gasteiger partial charge in [0.25, 0.3) is 0 Å². The number of oxime groups is 1. The molecule has 1 aliphatic rings. The van der Waals surface area contributed by atoms with Crippen molar-refractivity contribution in [3.63, 3.8) is 0 Å². The molecule has 17 heavy (non-hydrogen) atoms. The summed E-state index contributed by atoms with van der Waals surface area (Å²) in [7, 11) is -3.76. The van der Waals surface area contributed by atoms with Gasteiger partial charge in [0.05, 0.1) is 4.90 Å². The van der Waals surface area contributed by atoms with Crippen LogP contribution in [0.25, 0.3) is 0 Å². The van der Waals surface area contributed by atoms with Crippen molar-refractivity contribution in [1.29, 1.82) is 0 Å². The van der Waals surface area contributed by atoms with Crippen molar-refractivity contribution in [3.8, 4) is 0 Å². The minimum absolute atomic E-state index is 0.122. The molecule has 0 saturated heterocycles. The lowest BCUT2D eigenvalue weighted by Gasteiger charge is -2.15. The van der Waals surface area contributed by atoms with Gasteiger partial charge in [-0.15, -0.1) is 0 Å². The first-order valence-corrected chi connectivity index (χ1v) is 7.49. The average Bonchev–Trinajstić information content (AvgIpc) is 2.28. The van der Waals surface area contributed by atoms with Crippen LogP contribution in [0.1, 0.15) is 11.1 Å². The van der Waals surface area contributed by atoms with Crippen LogP contribution in [0.3, 0.4) is 0 Å². The fourth-order valence-corrected chi connectivity index (χ4v) is 3.47. The van der Waals surface area contributed by atoms with Crippen LogP contribution >= 0.6 is 11.8 Å². The summed E-state index contributed by atoms with van der Waals surface area (Å²) in [5.74, 6) is 0.747. The van der Waals surface area contributed by atoms with Crippen LogP contribution in [0, 0.1) is 6.92 Å². The number of rotatable bonds is 2. The lowest BCUT2D eigenvalue weighted by Crippen LogP contribution is -2.19. The van der Waals surface area contributed by atoms with E-state index in [1.807, 2.05) is 0 Å². The molecule has 0 saturated carbocycles. The van der Waals surface area contributed by atoms with Gasteiger partial charge in [0.15, 0.2) is 0 Å². The van der Waals surface area contributed by atoms with Gasteiger partial charge in [-0.25, -0.2) is 13.6 Å². The monoisotopic (exact) mass is 272 g/mol. The number of hydrogen-bond acceptors (Lipinski definition) is 5. The standard InChI is InChI=1S/C10H12N2O3S2/c1-7-3-2-4-8(9(7)17(11,13)14)10-12-15-5-6-16-10/h2-4H,5-6H2,1H3,(H2,11,13,14). The van der Waals surface area contributed by atoms with Crippen LogP contribution in [0.4, 0.5) is 0 Å². The van der Waals surface area contributed by atoms with E-state index >= 15 is 0 Å². The normalized spacial score (nSPS) is 16.2. The maximum Gasteiger partial charge on any atom is 0.239 e. The van der Waals surface area contributed by atoms with Crippen molar-refractivity contribution in [3.05, 3.63) is 29.3 Å². The highest BCUT2D eigenvalue weighted by molar-refractivity contribution is 8.14. The third kappa shape index (κ3) is 2.62. The molecule has 0 aromatic heterocycles. The fourth-order valence-electron chi connectivity index (χ4n) is 1.63. The second-order valence-electron chi connectivity index (χ2n) is 3.57. The SMILES string of the molecule is Cc1cccc(C2=NOCCS2)c1S(N)(=O)=O. The van der Waals surface area contributed by atoms with E-state index < -0.39 is 10.0 Å². The van der Waals surface area contributed by atoms with Gasteiger partial charge in [0, 0.05) is 11.3 Å². The predicted molar refractivity (Wildman–Crippen MR) is 67.5 cm³/mol. The lowest BCUT2D eigenvalue weighted by molar-refractivity contribution is 0.160. The third-order valence-corrected chi connectivity index (χ3v) is 4.34. The Hall–Kier alpha value is -1.05. The Balaban J connectivity index is 2.62. The Kier molecular flexibility index (Phi) is 3.41. The zero-order chi connectivity index (χ0) is 12.5. The molecule has 5 nitrogen and oxygen atoms in total. The van der Waals surface area contributed by atoms with Gasteiger partial charge in [-0.3, -0.25) is 0 Å². The Bertz CT molecular complexity index is 567. The Morgan fingerprint density at radius 2 is 2.24 bits per heavy atom. The molecule has 1 aliphatic heterocycles. The molecule has 1 heterocycles. The van der Waals surface area contributed by atoms with Crippen LogP contribution in [0.5, 0.6) is 0 Å². The summed E-state index contributed by atoms with van der Waals surface area (Å²) in [6, 6.07) is 5.17. The minimum atomic E-state index is -3.76. The summed E-state index contributed by atoms with van der Waals surface area (Å²) >= 11 is 1.46. The van der Waals surface area contributed by atoms with Gasteiger partial charge in [0.1, 0.15) is 11.7 Å². The van der Waals surface area contributed by atoms with E-state index in [1.54, 1.807) is 25.1 Å². The molecule has 0 spiro atoms. The average molecular weight is 272 g/mol. The second kappa shape index (κ2) is 4.67. The van der Waals surface area contributed by atoms with Crippen LogP contribution in [-0.4, -0.2) is 25.8 Å². The maximum absolute atomic E-state index is 11.6. The molecule has 1 aromatic carbocycles. The zero-order valence-corrected chi connectivity index (χ0v) is 10.8. The number of aryl methyl sites for hydroxylation is 1. The number of nitrogens with two attached hydrogens (primary N) is 1. The highest BCUT2D eigenvalue weighted by Crippen LogP contribution is 2.25. The first-order chi connectivity index (χ1) is 8.00. The predicted octanol–water partition coefficient (Wildman–Crippen LogP) is 1.07. The highest BCUT2D eigenvalue weighted by atomic mass is 32.2. The third-order valence-electron chi connectivity index (χ3n) is 2.29. The van der Waals surface area contributed by atoms with Crippen molar-refractivity contribution >= 4 is 26.8 Å². The fraction of sp³-hybridized carbons (Fsp3) is 0.300. The van der Waals surface area contributed by atoms with Gasteiger partial charge >= 0.3 is 0 Å². The van der Waals surface area contributed by atoms with E-state index in [0.717, 1.165) is 5.75 Å². The van der Waals surface area contributed by atoms with Gasteiger partial charge < -0.3 is 4.84 Å². The lowest BCUT2D eigenvalue weighted by atomic mass is 10.1. The topological polar surface area (TPSA) is 81.8 Å². The Morgan fingerprint density at radius 3 is 2.82 bits per heavy atom. The van der Waals surface area contributed by atoms with Gasteiger partial charge in [-0.1, -0.05) is 35.1 Å². The van der Waals surface area contributed by atoms with E-state index in [0.29, 0.717) is 22.8 Å². The molecular weight excluding hydrogens is 260 g/mol. The molecule has 0 amide bonds. The molecule has 0 unspecified atom stereocenters. The number of thioether (sulfide) groups is 1. The molecule has 0 fully saturated rings. The zero-order valence-electron chi connectivity index (χ0n) is 9.21. The van der Waals surface area contributed by atoms with Crippen LogP contribution in [0.2, 0.25) is 0 Å². The van der Waals surface area contributed by atoms with Crippen molar-refractivity contribution in [2.45, 2.75) is 11.8 Å². The smallest absolute Gasteiger partial charge is 0.239 e. The molecule has 0 aliphatic carbocycles. The van der Waals surface area contributed by atoms with Crippen LogP contribution in [-0.2, 0) is 14.9 Å². The van der Waals surface area contributed by atoms with Crippen molar-refractivity contribution < 1.29 is 13.3 Å². The van der Waals surface area contributed by atoms with Crippen LogP contribution in [0.15, 0.2) is 28.3 Å². The molecule has 1 aromatic rings. The summed E-state index contributed by atoms with van der Waals surface area (Å²) in [6.45, 7) is 2.24. The van der Waals surface area contributed by atoms with Gasteiger partial charge in [0.2, 0.25) is 10.0 Å². The van der Waals surface area contributed by atoms with Gasteiger partial charge in [-0.2, -0.15) is 0 Å². The Labute approximate surface area is 104 Å². The van der Waals surface area contributed by atoms with Crippen molar-refractivity contribution in [2.75, 3.05) is 12.4 Å². The highest BCUT2D eigenvalue weighted by Gasteiger charge is 2.22. The molecule has 0 atom stereocenters. The number of primary sulfonamides is 1. The summed E-state index contributed by atoms with van der Waals surface area (Å²) in [5.41, 5.74) is 1.12. The first kappa shape index (κ1) is 12.4. The van der Waals surface area contributed by atoms with Crippen molar-refractivity contribution in [2.24, 2.45) is 10.3 Å². The minimum Gasteiger partial charge on any atom is -0.394 e. The molecule has 0 radical (unpaired) electrons. The number of hydrogen-bond donors (Lipinski definition) is 1. The molecule has 0 bridgehead atoms. The largest absolute Gasteiger partial charge is 0.394 e.